The molecule has 1 aliphatic rings. The van der Waals surface area contributed by atoms with Gasteiger partial charge in [-0.15, -0.1) is 0 Å². The number of rotatable bonds is 4. The molecule has 18 heavy (non-hydrogen) atoms. The molecule has 1 aliphatic heterocycles. The average molecular weight is 312 g/mol. The second-order valence-corrected chi connectivity index (χ2v) is 5.53. The van der Waals surface area contributed by atoms with Crippen molar-refractivity contribution in [1.82, 2.24) is 10.2 Å². The Morgan fingerprint density at radius 1 is 1.44 bits per heavy atom. The lowest BCUT2D eigenvalue weighted by atomic mass is 10.2. The fourth-order valence-corrected chi connectivity index (χ4v) is 2.49. The van der Waals surface area contributed by atoms with Crippen LogP contribution in [0.25, 0.3) is 0 Å². The molecule has 1 fully saturated rings. The Hall–Kier alpha value is -0.910. The summed E-state index contributed by atoms with van der Waals surface area (Å²) in [6, 6.07) is 8.60. The van der Waals surface area contributed by atoms with Crippen LogP contribution in [0.3, 0.4) is 0 Å². The molecule has 1 heterocycles. The standard InChI is InChI=1S/C13H18BrN3O/c14-11-3-1-10(2-4-11)8-17-6-5-12(9-17)16-13(18)7-15/h1-4,12H,5-9,15H2,(H,16,18)/t12-/m1/s1. The van der Waals surface area contributed by atoms with Crippen LogP contribution in [0.2, 0.25) is 0 Å². The minimum Gasteiger partial charge on any atom is -0.351 e. The van der Waals surface area contributed by atoms with Gasteiger partial charge in [0.05, 0.1) is 6.54 Å². The zero-order chi connectivity index (χ0) is 13.0. The molecular formula is C13H18BrN3O. The topological polar surface area (TPSA) is 58.4 Å². The van der Waals surface area contributed by atoms with E-state index in [4.69, 9.17) is 5.73 Å². The highest BCUT2D eigenvalue weighted by Gasteiger charge is 2.23. The molecule has 1 aromatic rings. The minimum atomic E-state index is -0.0644. The van der Waals surface area contributed by atoms with Gasteiger partial charge in [-0.2, -0.15) is 0 Å². The molecule has 0 aromatic heterocycles. The van der Waals surface area contributed by atoms with Crippen LogP contribution < -0.4 is 11.1 Å². The van der Waals surface area contributed by atoms with Crippen molar-refractivity contribution in [3.8, 4) is 0 Å². The van der Waals surface area contributed by atoms with Gasteiger partial charge in [0.1, 0.15) is 0 Å². The van der Waals surface area contributed by atoms with E-state index in [-0.39, 0.29) is 18.5 Å². The van der Waals surface area contributed by atoms with E-state index in [1.165, 1.54) is 5.56 Å². The number of halogens is 1. The second kappa shape index (κ2) is 6.31. The third-order valence-corrected chi connectivity index (χ3v) is 3.67. The summed E-state index contributed by atoms with van der Waals surface area (Å²) in [5.41, 5.74) is 6.59. The van der Waals surface area contributed by atoms with E-state index in [1.54, 1.807) is 0 Å². The minimum absolute atomic E-state index is 0.0644. The van der Waals surface area contributed by atoms with Gasteiger partial charge in [0.15, 0.2) is 0 Å². The lowest BCUT2D eigenvalue weighted by molar-refractivity contribution is -0.120. The second-order valence-electron chi connectivity index (χ2n) is 4.62. The molecule has 0 saturated carbocycles. The van der Waals surface area contributed by atoms with Gasteiger partial charge in [0.25, 0.3) is 0 Å². The number of hydrogen-bond acceptors (Lipinski definition) is 3. The largest absolute Gasteiger partial charge is 0.351 e. The number of hydrogen-bond donors (Lipinski definition) is 2. The Labute approximate surface area is 116 Å². The van der Waals surface area contributed by atoms with E-state index < -0.39 is 0 Å². The zero-order valence-electron chi connectivity index (χ0n) is 10.2. The average Bonchev–Trinajstić information content (AvgIpc) is 2.79. The molecule has 1 saturated heterocycles. The number of nitrogens with zero attached hydrogens (tertiary/aromatic N) is 1. The van der Waals surface area contributed by atoms with E-state index in [9.17, 15) is 4.79 Å². The molecule has 0 unspecified atom stereocenters. The van der Waals surface area contributed by atoms with Gasteiger partial charge in [-0.05, 0) is 24.1 Å². The molecule has 5 heteroatoms. The van der Waals surface area contributed by atoms with Crippen molar-refractivity contribution < 1.29 is 4.79 Å². The lowest BCUT2D eigenvalue weighted by Crippen LogP contribution is -2.40. The van der Waals surface area contributed by atoms with Crippen LogP contribution in [-0.4, -0.2) is 36.5 Å². The van der Waals surface area contributed by atoms with Crippen LogP contribution in [0.4, 0.5) is 0 Å². The van der Waals surface area contributed by atoms with Crippen LogP contribution in [0, 0.1) is 0 Å². The van der Waals surface area contributed by atoms with E-state index in [0.29, 0.717) is 0 Å². The monoisotopic (exact) mass is 311 g/mol. The predicted octanol–water partition coefficient (Wildman–Crippen LogP) is 1.10. The molecule has 2 rings (SSSR count). The first-order valence-corrected chi connectivity index (χ1v) is 6.93. The van der Waals surface area contributed by atoms with E-state index in [1.807, 2.05) is 0 Å². The molecule has 98 valence electrons. The molecule has 1 atom stereocenters. The van der Waals surface area contributed by atoms with Gasteiger partial charge in [-0.25, -0.2) is 0 Å². The molecular weight excluding hydrogens is 294 g/mol. The highest BCUT2D eigenvalue weighted by molar-refractivity contribution is 9.10. The van der Waals surface area contributed by atoms with E-state index in [0.717, 1.165) is 30.5 Å². The number of carbonyl (C=O) groups excluding carboxylic acids is 1. The molecule has 4 nitrogen and oxygen atoms in total. The smallest absolute Gasteiger partial charge is 0.233 e. The van der Waals surface area contributed by atoms with Gasteiger partial charge < -0.3 is 11.1 Å². The van der Waals surface area contributed by atoms with Gasteiger partial charge in [-0.3, -0.25) is 9.69 Å². The Kier molecular flexibility index (Phi) is 4.74. The molecule has 1 aromatic carbocycles. The van der Waals surface area contributed by atoms with Crippen molar-refractivity contribution in [1.29, 1.82) is 0 Å². The Bertz CT molecular complexity index is 407. The molecule has 0 aliphatic carbocycles. The van der Waals surface area contributed by atoms with Crippen LogP contribution in [-0.2, 0) is 11.3 Å². The number of amides is 1. The Balaban J connectivity index is 1.82. The van der Waals surface area contributed by atoms with Gasteiger partial charge in [0, 0.05) is 30.1 Å². The number of nitrogens with one attached hydrogen (secondary N) is 1. The van der Waals surface area contributed by atoms with Crippen molar-refractivity contribution in [3.05, 3.63) is 34.3 Å². The number of carbonyl (C=O) groups is 1. The highest BCUT2D eigenvalue weighted by atomic mass is 79.9. The highest BCUT2D eigenvalue weighted by Crippen LogP contribution is 2.16. The molecule has 1 amide bonds. The SMILES string of the molecule is NCC(=O)N[C@@H]1CCN(Cc2ccc(Br)cc2)C1. The summed E-state index contributed by atoms with van der Waals surface area (Å²) < 4.78 is 1.10. The summed E-state index contributed by atoms with van der Waals surface area (Å²) in [5.74, 6) is -0.0644. The van der Waals surface area contributed by atoms with Crippen LogP contribution in [0.1, 0.15) is 12.0 Å². The molecule has 0 spiro atoms. The van der Waals surface area contributed by atoms with Crippen LogP contribution in [0.5, 0.6) is 0 Å². The Morgan fingerprint density at radius 3 is 2.83 bits per heavy atom. The summed E-state index contributed by atoms with van der Waals surface area (Å²) in [6.45, 7) is 2.93. The third-order valence-electron chi connectivity index (χ3n) is 3.14. The number of nitrogens with two attached hydrogens (primary N) is 1. The van der Waals surface area contributed by atoms with E-state index >= 15 is 0 Å². The molecule has 0 bridgehead atoms. The summed E-state index contributed by atoms with van der Waals surface area (Å²) >= 11 is 3.43. The van der Waals surface area contributed by atoms with Gasteiger partial charge in [-0.1, -0.05) is 28.1 Å². The van der Waals surface area contributed by atoms with Gasteiger partial charge >= 0.3 is 0 Å². The predicted molar refractivity (Wildman–Crippen MR) is 75.0 cm³/mol. The quantitative estimate of drug-likeness (QED) is 0.875. The fourth-order valence-electron chi connectivity index (χ4n) is 2.23. The summed E-state index contributed by atoms with van der Waals surface area (Å²) in [5, 5.41) is 2.94. The normalized spacial score (nSPS) is 20.0. The summed E-state index contributed by atoms with van der Waals surface area (Å²) in [7, 11) is 0. The maximum Gasteiger partial charge on any atom is 0.233 e. The summed E-state index contributed by atoms with van der Waals surface area (Å²) in [4.78, 5) is 13.6. The fraction of sp³-hybridized carbons (Fsp3) is 0.462. The zero-order valence-corrected chi connectivity index (χ0v) is 11.8. The van der Waals surface area contributed by atoms with Crippen LogP contribution >= 0.6 is 15.9 Å². The van der Waals surface area contributed by atoms with Crippen molar-refractivity contribution >= 4 is 21.8 Å². The van der Waals surface area contributed by atoms with Crippen molar-refractivity contribution in [2.75, 3.05) is 19.6 Å². The first kappa shape index (κ1) is 13.5. The van der Waals surface area contributed by atoms with E-state index in [2.05, 4.69) is 50.4 Å². The first-order valence-electron chi connectivity index (χ1n) is 6.13. The van der Waals surface area contributed by atoms with Crippen molar-refractivity contribution in [2.45, 2.75) is 19.0 Å². The lowest BCUT2D eigenvalue weighted by Gasteiger charge is -2.16. The first-order chi connectivity index (χ1) is 8.67. The number of benzene rings is 1. The third kappa shape index (κ3) is 3.80. The van der Waals surface area contributed by atoms with Crippen molar-refractivity contribution in [2.24, 2.45) is 5.73 Å². The molecule has 3 N–H and O–H groups in total. The molecule has 0 radical (unpaired) electrons. The van der Waals surface area contributed by atoms with Crippen LogP contribution in [0.15, 0.2) is 28.7 Å². The maximum absolute atomic E-state index is 11.2. The van der Waals surface area contributed by atoms with Crippen molar-refractivity contribution in [3.63, 3.8) is 0 Å². The van der Waals surface area contributed by atoms with Gasteiger partial charge in [0.2, 0.25) is 5.91 Å². The Morgan fingerprint density at radius 2 is 2.17 bits per heavy atom. The maximum atomic E-state index is 11.2. The number of likely N-dealkylation sites (tertiary alicyclic amines) is 1. The summed E-state index contributed by atoms with van der Waals surface area (Å²) in [6.07, 6.45) is 1.00.